The fourth-order valence-electron chi connectivity index (χ4n) is 4.43. The van der Waals surface area contributed by atoms with E-state index in [9.17, 15) is 4.79 Å². The van der Waals surface area contributed by atoms with Gasteiger partial charge in [0.2, 0.25) is 0 Å². The van der Waals surface area contributed by atoms with Crippen LogP contribution in [0.5, 0.6) is 5.75 Å². The molecule has 1 aliphatic heterocycles. The van der Waals surface area contributed by atoms with Crippen molar-refractivity contribution in [1.82, 2.24) is 9.80 Å². The third kappa shape index (κ3) is 5.89. The molecule has 4 nitrogen and oxygen atoms in total. The van der Waals surface area contributed by atoms with E-state index < -0.39 is 0 Å². The van der Waals surface area contributed by atoms with E-state index in [1.165, 1.54) is 16.7 Å². The van der Waals surface area contributed by atoms with Crippen molar-refractivity contribution in [2.24, 2.45) is 0 Å². The zero-order valence-corrected chi connectivity index (χ0v) is 21.8. The minimum absolute atomic E-state index is 0.0300. The fourth-order valence-corrected chi connectivity index (χ4v) is 4.92. The van der Waals surface area contributed by atoms with Crippen molar-refractivity contribution in [2.45, 2.75) is 32.2 Å². The van der Waals surface area contributed by atoms with Gasteiger partial charge in [-0.2, -0.15) is 0 Å². The number of hydrogen-bond donors (Lipinski definition) is 0. The Balaban J connectivity index is 1.37. The summed E-state index contributed by atoms with van der Waals surface area (Å²) in [6.45, 7) is 9.63. The van der Waals surface area contributed by atoms with Gasteiger partial charge >= 0.3 is 0 Å². The number of hydrogen-bond acceptors (Lipinski definition) is 3. The highest BCUT2D eigenvalue weighted by Gasteiger charge is 2.28. The standard InChI is InChI=1S/C29H33BrN2O2/c1-29(2,3)24-14-15-26(25(30)20-24)34-21-27(33)31-16-18-32(19-17-31)28(22-10-6-4-7-11-22)23-12-8-5-9-13-23/h4-15,20,28H,16-19,21H2,1-3H3. The van der Waals surface area contributed by atoms with E-state index in [2.05, 4.69) is 114 Å². The minimum Gasteiger partial charge on any atom is -0.483 e. The summed E-state index contributed by atoms with van der Waals surface area (Å²) in [6, 6.07) is 27.5. The SMILES string of the molecule is CC(C)(C)c1ccc(OCC(=O)N2CCN(C(c3ccccc3)c3ccccc3)CC2)c(Br)c1. The molecule has 0 bridgehead atoms. The van der Waals surface area contributed by atoms with E-state index in [1.54, 1.807) is 0 Å². The molecule has 34 heavy (non-hydrogen) atoms. The Morgan fingerprint density at radius 1 is 0.882 bits per heavy atom. The Morgan fingerprint density at radius 3 is 1.94 bits per heavy atom. The number of piperazine rings is 1. The zero-order valence-electron chi connectivity index (χ0n) is 20.2. The highest BCUT2D eigenvalue weighted by atomic mass is 79.9. The number of benzene rings is 3. The van der Waals surface area contributed by atoms with Crippen LogP contribution >= 0.6 is 15.9 Å². The van der Waals surface area contributed by atoms with Crippen LogP contribution in [0.1, 0.15) is 43.5 Å². The van der Waals surface area contributed by atoms with Gasteiger partial charge in [0.15, 0.2) is 6.61 Å². The molecule has 1 aliphatic rings. The van der Waals surface area contributed by atoms with Gasteiger partial charge in [0.1, 0.15) is 5.75 Å². The number of rotatable bonds is 6. The van der Waals surface area contributed by atoms with Gasteiger partial charge in [-0.3, -0.25) is 9.69 Å². The molecule has 5 heteroatoms. The van der Waals surface area contributed by atoms with E-state index in [1.807, 2.05) is 11.0 Å². The predicted octanol–water partition coefficient (Wildman–Crippen LogP) is 6.06. The lowest BCUT2D eigenvalue weighted by Gasteiger charge is -2.39. The highest BCUT2D eigenvalue weighted by Crippen LogP contribution is 2.32. The molecule has 0 saturated carbocycles. The molecule has 1 heterocycles. The molecule has 1 amide bonds. The Labute approximate surface area is 211 Å². The Morgan fingerprint density at radius 2 is 1.44 bits per heavy atom. The summed E-state index contributed by atoms with van der Waals surface area (Å²) in [5.74, 6) is 0.732. The van der Waals surface area contributed by atoms with Crippen molar-refractivity contribution in [2.75, 3.05) is 32.8 Å². The molecule has 0 N–H and O–H groups in total. The summed E-state index contributed by atoms with van der Waals surface area (Å²) in [5, 5.41) is 0. The summed E-state index contributed by atoms with van der Waals surface area (Å²) in [7, 11) is 0. The molecule has 3 aromatic rings. The molecule has 4 rings (SSSR count). The van der Waals surface area contributed by atoms with Crippen molar-refractivity contribution in [3.8, 4) is 5.75 Å². The summed E-state index contributed by atoms with van der Waals surface area (Å²) in [6.07, 6.45) is 0. The Hall–Kier alpha value is -2.63. The Bertz CT molecular complexity index is 1050. The van der Waals surface area contributed by atoms with Crippen molar-refractivity contribution >= 4 is 21.8 Å². The second-order valence-electron chi connectivity index (χ2n) is 9.82. The van der Waals surface area contributed by atoms with Gasteiger partial charge in [-0.1, -0.05) is 87.5 Å². The van der Waals surface area contributed by atoms with Crippen molar-refractivity contribution in [3.63, 3.8) is 0 Å². The van der Waals surface area contributed by atoms with Crippen LogP contribution in [-0.4, -0.2) is 48.5 Å². The molecule has 0 aliphatic carbocycles. The lowest BCUT2D eigenvalue weighted by atomic mass is 9.87. The van der Waals surface area contributed by atoms with E-state index in [0.717, 1.165) is 17.6 Å². The van der Waals surface area contributed by atoms with Gasteiger partial charge in [0.25, 0.3) is 5.91 Å². The van der Waals surface area contributed by atoms with Crippen LogP contribution < -0.4 is 4.74 Å². The first-order valence-electron chi connectivity index (χ1n) is 11.9. The van der Waals surface area contributed by atoms with Crippen molar-refractivity contribution in [3.05, 3.63) is 100 Å². The molecule has 0 radical (unpaired) electrons. The van der Waals surface area contributed by atoms with Crippen LogP contribution in [0.4, 0.5) is 0 Å². The quantitative estimate of drug-likeness (QED) is 0.396. The van der Waals surface area contributed by atoms with Crippen molar-refractivity contribution in [1.29, 1.82) is 0 Å². The van der Waals surface area contributed by atoms with Gasteiger partial charge in [0, 0.05) is 26.2 Å². The molecular formula is C29H33BrN2O2. The average Bonchev–Trinajstić information content (AvgIpc) is 2.84. The first-order chi connectivity index (χ1) is 16.3. The summed E-state index contributed by atoms with van der Waals surface area (Å²) in [4.78, 5) is 17.3. The third-order valence-corrected chi connectivity index (χ3v) is 7.03. The number of nitrogens with zero attached hydrogens (tertiary/aromatic N) is 2. The maximum atomic E-state index is 12.9. The molecule has 1 fully saturated rings. The maximum absolute atomic E-state index is 12.9. The number of ether oxygens (including phenoxy) is 1. The van der Waals surface area contributed by atoms with Gasteiger partial charge in [-0.15, -0.1) is 0 Å². The van der Waals surface area contributed by atoms with E-state index in [4.69, 9.17) is 4.74 Å². The molecule has 1 saturated heterocycles. The maximum Gasteiger partial charge on any atom is 0.260 e. The highest BCUT2D eigenvalue weighted by molar-refractivity contribution is 9.10. The van der Waals surface area contributed by atoms with Crippen LogP contribution in [-0.2, 0) is 10.2 Å². The fraction of sp³-hybridized carbons (Fsp3) is 0.345. The number of carbonyl (C=O) groups excluding carboxylic acids is 1. The number of halogens is 1. The second-order valence-corrected chi connectivity index (χ2v) is 10.7. The molecule has 0 spiro atoms. The zero-order chi connectivity index (χ0) is 24.1. The van der Waals surface area contributed by atoms with Crippen LogP contribution in [0.2, 0.25) is 0 Å². The van der Waals surface area contributed by atoms with Crippen molar-refractivity contribution < 1.29 is 9.53 Å². The van der Waals surface area contributed by atoms with Gasteiger partial charge in [-0.05, 0) is 50.2 Å². The Kier molecular flexibility index (Phi) is 7.74. The molecule has 0 atom stereocenters. The van der Waals surface area contributed by atoms with Gasteiger partial charge < -0.3 is 9.64 Å². The van der Waals surface area contributed by atoms with E-state index >= 15 is 0 Å². The first-order valence-corrected chi connectivity index (χ1v) is 12.7. The molecule has 0 aromatic heterocycles. The minimum atomic E-state index is 0.0300. The molecule has 178 valence electrons. The normalized spacial score (nSPS) is 14.9. The van der Waals surface area contributed by atoms with E-state index in [0.29, 0.717) is 18.8 Å². The van der Waals surface area contributed by atoms with Crippen LogP contribution in [0, 0.1) is 0 Å². The third-order valence-electron chi connectivity index (χ3n) is 6.41. The molecule has 0 unspecified atom stereocenters. The van der Waals surface area contributed by atoms with Gasteiger partial charge in [0.05, 0.1) is 10.5 Å². The first kappa shape index (κ1) is 24.5. The summed E-state index contributed by atoms with van der Waals surface area (Å²) in [5.41, 5.74) is 3.84. The molecular weight excluding hydrogens is 488 g/mol. The average molecular weight is 521 g/mol. The smallest absolute Gasteiger partial charge is 0.260 e. The van der Waals surface area contributed by atoms with Crippen LogP contribution in [0.25, 0.3) is 0 Å². The number of carbonyl (C=O) groups is 1. The number of amides is 1. The second kappa shape index (κ2) is 10.7. The predicted molar refractivity (Wildman–Crippen MR) is 141 cm³/mol. The summed E-state index contributed by atoms with van der Waals surface area (Å²) >= 11 is 3.60. The van der Waals surface area contributed by atoms with Crippen LogP contribution in [0.15, 0.2) is 83.3 Å². The monoisotopic (exact) mass is 520 g/mol. The van der Waals surface area contributed by atoms with Gasteiger partial charge in [-0.25, -0.2) is 0 Å². The van der Waals surface area contributed by atoms with E-state index in [-0.39, 0.29) is 24.0 Å². The summed E-state index contributed by atoms with van der Waals surface area (Å²) < 4.78 is 6.76. The lowest BCUT2D eigenvalue weighted by molar-refractivity contribution is -0.135. The largest absolute Gasteiger partial charge is 0.483 e. The molecule has 3 aromatic carbocycles. The lowest BCUT2D eigenvalue weighted by Crippen LogP contribution is -2.51. The van der Waals surface area contributed by atoms with Crippen LogP contribution in [0.3, 0.4) is 0 Å². The topological polar surface area (TPSA) is 32.8 Å².